The van der Waals surface area contributed by atoms with E-state index < -0.39 is 5.97 Å². The van der Waals surface area contributed by atoms with E-state index in [9.17, 15) is 9.59 Å². The van der Waals surface area contributed by atoms with Crippen LogP contribution in [0.25, 0.3) is 0 Å². The molecule has 28 heavy (non-hydrogen) atoms. The number of nitrogens with zero attached hydrogens (tertiary/aromatic N) is 1. The molecule has 0 saturated carbocycles. The van der Waals surface area contributed by atoms with Crippen LogP contribution in [0.3, 0.4) is 0 Å². The van der Waals surface area contributed by atoms with Gasteiger partial charge in [-0.05, 0) is 67.9 Å². The molecule has 0 amide bonds. The minimum atomic E-state index is -0.703. The number of halogens is 1. The smallest absolute Gasteiger partial charge is 0.356 e. The van der Waals surface area contributed by atoms with E-state index in [-0.39, 0.29) is 11.5 Å². The summed E-state index contributed by atoms with van der Waals surface area (Å²) >= 11 is 5.83. The zero-order chi connectivity index (χ0) is 20.5. The molecule has 2 rings (SSSR count). The molecule has 0 radical (unpaired) electrons. The fourth-order valence-electron chi connectivity index (χ4n) is 2.24. The Morgan fingerprint density at radius 3 is 2.25 bits per heavy atom. The summed E-state index contributed by atoms with van der Waals surface area (Å²) in [4.78, 5) is 24.4. The predicted molar refractivity (Wildman–Crippen MR) is 109 cm³/mol. The second-order valence-corrected chi connectivity index (χ2v) is 6.12. The first-order chi connectivity index (χ1) is 13.4. The van der Waals surface area contributed by atoms with Crippen molar-refractivity contribution in [3.8, 4) is 5.75 Å². The van der Waals surface area contributed by atoms with Crippen molar-refractivity contribution in [3.63, 3.8) is 0 Å². The Hall–Kier alpha value is -3.12. The van der Waals surface area contributed by atoms with Gasteiger partial charge in [-0.2, -0.15) is 5.10 Å². The average Bonchev–Trinajstić information content (AvgIpc) is 2.71. The molecule has 0 aliphatic rings. The van der Waals surface area contributed by atoms with Gasteiger partial charge in [0.15, 0.2) is 5.78 Å². The zero-order valence-electron chi connectivity index (χ0n) is 15.9. The van der Waals surface area contributed by atoms with Crippen molar-refractivity contribution in [1.82, 2.24) is 5.43 Å². The van der Waals surface area contributed by atoms with Gasteiger partial charge in [0, 0.05) is 16.7 Å². The molecule has 0 fully saturated rings. The number of carbonyl (C=O) groups is 2. The van der Waals surface area contributed by atoms with Crippen LogP contribution in [0.15, 0.2) is 65.4 Å². The van der Waals surface area contributed by atoms with Crippen LogP contribution in [0.4, 0.5) is 0 Å². The third kappa shape index (κ3) is 5.96. The van der Waals surface area contributed by atoms with Crippen molar-refractivity contribution < 1.29 is 19.1 Å². The fourth-order valence-corrected chi connectivity index (χ4v) is 2.37. The molecule has 0 aliphatic carbocycles. The largest absolute Gasteiger partial charge is 0.494 e. The second kappa shape index (κ2) is 10.3. The molecule has 7 heteroatoms. The number of allylic oxidation sites excluding steroid dienone is 1. The van der Waals surface area contributed by atoms with Crippen LogP contribution >= 0.6 is 11.6 Å². The van der Waals surface area contributed by atoms with Crippen molar-refractivity contribution in [2.24, 2.45) is 5.10 Å². The molecule has 0 aromatic heterocycles. The minimum Gasteiger partial charge on any atom is -0.494 e. The molecule has 0 unspecified atom stereocenters. The molecule has 146 valence electrons. The zero-order valence-corrected chi connectivity index (χ0v) is 16.6. The van der Waals surface area contributed by atoms with Gasteiger partial charge in [-0.25, -0.2) is 4.79 Å². The number of carbonyl (C=O) groups excluding carboxylic acids is 2. The van der Waals surface area contributed by atoms with Crippen molar-refractivity contribution in [3.05, 3.63) is 76.5 Å². The molecule has 1 N–H and O–H groups in total. The van der Waals surface area contributed by atoms with E-state index in [4.69, 9.17) is 21.1 Å². The van der Waals surface area contributed by atoms with Gasteiger partial charge >= 0.3 is 5.97 Å². The van der Waals surface area contributed by atoms with Crippen LogP contribution in [-0.2, 0) is 9.53 Å². The van der Waals surface area contributed by atoms with Crippen LogP contribution in [0, 0.1) is 0 Å². The highest BCUT2D eigenvalue weighted by molar-refractivity contribution is 6.30. The summed E-state index contributed by atoms with van der Waals surface area (Å²) in [6.45, 7) is 4.28. The topological polar surface area (TPSA) is 77.0 Å². The maximum Gasteiger partial charge on any atom is 0.356 e. The lowest BCUT2D eigenvalue weighted by Gasteiger charge is -2.08. The quantitative estimate of drug-likeness (QED) is 0.238. The maximum atomic E-state index is 12.4. The van der Waals surface area contributed by atoms with E-state index in [1.54, 1.807) is 31.2 Å². The number of benzene rings is 2. The summed E-state index contributed by atoms with van der Waals surface area (Å²) in [5, 5.41) is 4.70. The number of esters is 1. The van der Waals surface area contributed by atoms with E-state index >= 15 is 0 Å². The van der Waals surface area contributed by atoms with Gasteiger partial charge in [0.2, 0.25) is 0 Å². The Labute approximate surface area is 168 Å². The Balaban J connectivity index is 2.19. The molecule has 6 nitrogen and oxygen atoms in total. The van der Waals surface area contributed by atoms with Crippen molar-refractivity contribution >= 4 is 29.1 Å². The molecule has 0 bridgehead atoms. The van der Waals surface area contributed by atoms with E-state index in [0.717, 1.165) is 17.4 Å². The third-order valence-electron chi connectivity index (χ3n) is 3.74. The van der Waals surface area contributed by atoms with Crippen LogP contribution in [0.1, 0.15) is 29.8 Å². The first-order valence-corrected chi connectivity index (χ1v) is 8.95. The number of ketones is 1. The van der Waals surface area contributed by atoms with Crippen LogP contribution < -0.4 is 10.2 Å². The van der Waals surface area contributed by atoms with Gasteiger partial charge in [0.05, 0.1) is 19.4 Å². The number of ether oxygens (including phenoxy) is 2. The Morgan fingerprint density at radius 1 is 1.07 bits per heavy atom. The fraction of sp³-hybridized carbons (Fsp3) is 0.190. The number of hydrogen-bond donors (Lipinski definition) is 1. The van der Waals surface area contributed by atoms with Gasteiger partial charge in [0.25, 0.3) is 0 Å². The van der Waals surface area contributed by atoms with Crippen molar-refractivity contribution in [2.45, 2.75) is 13.8 Å². The Morgan fingerprint density at radius 2 is 1.68 bits per heavy atom. The van der Waals surface area contributed by atoms with E-state index in [2.05, 4.69) is 10.5 Å². The predicted octanol–water partition coefficient (Wildman–Crippen LogP) is 3.99. The highest BCUT2D eigenvalue weighted by atomic mass is 35.5. The van der Waals surface area contributed by atoms with Gasteiger partial charge in [0.1, 0.15) is 11.4 Å². The lowest BCUT2D eigenvalue weighted by atomic mass is 10.1. The lowest BCUT2D eigenvalue weighted by Crippen LogP contribution is -2.20. The maximum absolute atomic E-state index is 12.4. The van der Waals surface area contributed by atoms with Crippen LogP contribution in [-0.4, -0.2) is 31.2 Å². The molecule has 0 atom stereocenters. The van der Waals surface area contributed by atoms with Gasteiger partial charge in [-0.1, -0.05) is 11.6 Å². The number of hydrogen-bond acceptors (Lipinski definition) is 6. The lowest BCUT2D eigenvalue weighted by molar-refractivity contribution is -0.136. The normalized spacial score (nSPS) is 11.7. The molecule has 0 spiro atoms. The minimum absolute atomic E-state index is 0.0762. The highest BCUT2D eigenvalue weighted by Gasteiger charge is 2.13. The summed E-state index contributed by atoms with van der Waals surface area (Å²) in [6.07, 6.45) is 1.14. The molecular weight excluding hydrogens is 380 g/mol. The summed E-state index contributed by atoms with van der Waals surface area (Å²) in [5.41, 5.74) is 4.39. The number of nitrogens with one attached hydrogen (secondary N) is 1. The van der Waals surface area contributed by atoms with E-state index in [0.29, 0.717) is 22.9 Å². The standard InChI is InChI=1S/C21H21ClN2O4/c1-4-28-18-11-7-15(8-12-18)14(2)23-24-19(21(26)27-3)13-20(25)16-5-9-17(22)10-6-16/h5-13,24H,4H2,1-3H3. The molecule has 0 heterocycles. The summed E-state index contributed by atoms with van der Waals surface area (Å²) in [6, 6.07) is 13.7. The molecule has 0 saturated heterocycles. The van der Waals surface area contributed by atoms with Gasteiger partial charge < -0.3 is 9.47 Å². The third-order valence-corrected chi connectivity index (χ3v) is 3.99. The van der Waals surface area contributed by atoms with Gasteiger partial charge in [-0.3, -0.25) is 10.2 Å². The molecular formula is C21H21ClN2O4. The number of methoxy groups -OCH3 is 1. The van der Waals surface area contributed by atoms with Crippen molar-refractivity contribution in [1.29, 1.82) is 0 Å². The Bertz CT molecular complexity index is 888. The van der Waals surface area contributed by atoms with Crippen molar-refractivity contribution in [2.75, 3.05) is 13.7 Å². The number of rotatable bonds is 8. The first kappa shape index (κ1) is 21.2. The average molecular weight is 401 g/mol. The SMILES string of the molecule is CCOc1ccc(C(C)=NNC(=CC(=O)c2ccc(Cl)cc2)C(=O)OC)cc1. The molecule has 2 aromatic rings. The number of hydrazone groups is 1. The summed E-state index contributed by atoms with van der Waals surface area (Å²) in [5.74, 6) is -0.320. The van der Waals surface area contributed by atoms with E-state index in [1.165, 1.54) is 7.11 Å². The van der Waals surface area contributed by atoms with Gasteiger partial charge in [-0.15, -0.1) is 0 Å². The van der Waals surface area contributed by atoms with E-state index in [1.807, 2.05) is 31.2 Å². The van der Waals surface area contributed by atoms with Crippen LogP contribution in [0.5, 0.6) is 5.75 Å². The highest BCUT2D eigenvalue weighted by Crippen LogP contribution is 2.13. The second-order valence-electron chi connectivity index (χ2n) is 5.69. The summed E-state index contributed by atoms with van der Waals surface area (Å²) < 4.78 is 10.1. The molecule has 0 aliphatic heterocycles. The monoisotopic (exact) mass is 400 g/mol. The summed E-state index contributed by atoms with van der Waals surface area (Å²) in [7, 11) is 1.23. The molecule has 2 aromatic carbocycles. The van der Waals surface area contributed by atoms with Crippen LogP contribution in [0.2, 0.25) is 5.02 Å². The first-order valence-electron chi connectivity index (χ1n) is 8.58. The Kier molecular flexibility index (Phi) is 7.77.